The highest BCUT2D eigenvalue weighted by atomic mass is 19.1. The van der Waals surface area contributed by atoms with Crippen LogP contribution in [0.15, 0.2) is 54.8 Å². The molecule has 30 heavy (non-hydrogen) atoms. The molecule has 0 aromatic heterocycles. The van der Waals surface area contributed by atoms with E-state index in [1.165, 1.54) is 19.2 Å². The van der Waals surface area contributed by atoms with Gasteiger partial charge in [0.05, 0.1) is 7.11 Å². The molecule has 1 saturated heterocycles. The van der Waals surface area contributed by atoms with E-state index in [1.807, 2.05) is 6.07 Å². The van der Waals surface area contributed by atoms with Crippen molar-refractivity contribution in [3.63, 3.8) is 0 Å². The maximum absolute atomic E-state index is 13.1. The van der Waals surface area contributed by atoms with Crippen LogP contribution in [-0.4, -0.2) is 30.5 Å². The molecule has 0 aliphatic carbocycles. The zero-order valence-corrected chi connectivity index (χ0v) is 16.9. The number of nitrogens with one attached hydrogen (secondary N) is 1. The van der Waals surface area contributed by atoms with Crippen molar-refractivity contribution in [1.29, 1.82) is 0 Å². The number of amides is 3. The maximum atomic E-state index is 13.1. The average molecular weight is 410 g/mol. The van der Waals surface area contributed by atoms with Gasteiger partial charge in [-0.3, -0.25) is 9.69 Å². The normalized spacial score (nSPS) is 14.8. The van der Waals surface area contributed by atoms with Crippen molar-refractivity contribution in [3.8, 4) is 11.5 Å². The van der Waals surface area contributed by atoms with Gasteiger partial charge in [-0.1, -0.05) is 18.2 Å². The number of carbonyl (C=O) groups is 2. The average Bonchev–Trinajstić information content (AvgIpc) is 3.00. The minimum Gasteiger partial charge on any atom is -0.493 e. The summed E-state index contributed by atoms with van der Waals surface area (Å²) >= 11 is 0. The van der Waals surface area contributed by atoms with Crippen molar-refractivity contribution in [3.05, 3.63) is 77.3 Å². The first kappa shape index (κ1) is 21.1. The molecule has 0 saturated carbocycles. The summed E-state index contributed by atoms with van der Waals surface area (Å²) in [4.78, 5) is 25.4. The Bertz CT molecular complexity index is 999. The van der Waals surface area contributed by atoms with Crippen LogP contribution >= 0.6 is 0 Å². The molecule has 1 aliphatic heterocycles. The number of imide groups is 1. The van der Waals surface area contributed by atoms with Gasteiger partial charge in [0.1, 0.15) is 18.1 Å². The molecular formula is C23H23FN2O4. The van der Waals surface area contributed by atoms with E-state index < -0.39 is 6.03 Å². The van der Waals surface area contributed by atoms with Gasteiger partial charge in [0.15, 0.2) is 11.5 Å². The molecule has 0 atom stereocenters. The van der Waals surface area contributed by atoms with Crippen molar-refractivity contribution >= 4 is 18.0 Å². The number of hydrogen-bond donors (Lipinski definition) is 1. The molecule has 1 aliphatic rings. The zero-order chi connectivity index (χ0) is 21.7. The molecule has 3 rings (SSSR count). The third-order valence-electron chi connectivity index (χ3n) is 4.62. The summed E-state index contributed by atoms with van der Waals surface area (Å²) in [6.07, 6.45) is 3.85. The number of halogens is 1. The van der Waals surface area contributed by atoms with Gasteiger partial charge in [0.2, 0.25) is 0 Å². The molecule has 7 heteroatoms. The maximum Gasteiger partial charge on any atom is 0.328 e. The number of urea groups is 1. The van der Waals surface area contributed by atoms with Crippen LogP contribution in [0.3, 0.4) is 0 Å². The van der Waals surface area contributed by atoms with E-state index >= 15 is 0 Å². The van der Waals surface area contributed by atoms with Crippen molar-refractivity contribution in [2.75, 3.05) is 13.7 Å². The second kappa shape index (κ2) is 9.26. The smallest absolute Gasteiger partial charge is 0.328 e. The molecule has 0 radical (unpaired) electrons. The van der Waals surface area contributed by atoms with Gasteiger partial charge in [-0.15, -0.1) is 6.58 Å². The monoisotopic (exact) mass is 410 g/mol. The number of carbonyl (C=O) groups excluding carboxylic acids is 2. The van der Waals surface area contributed by atoms with E-state index in [-0.39, 0.29) is 24.0 Å². The van der Waals surface area contributed by atoms with Crippen molar-refractivity contribution in [1.82, 2.24) is 10.2 Å². The molecule has 1 N–H and O–H groups in total. The van der Waals surface area contributed by atoms with Gasteiger partial charge >= 0.3 is 6.03 Å². The lowest BCUT2D eigenvalue weighted by molar-refractivity contribution is -0.122. The highest BCUT2D eigenvalue weighted by Gasteiger charge is 2.32. The molecule has 3 amide bonds. The SMILES string of the molecule is C=CCc1cc(/C=C2/NC(=O)N(CC)C2=O)cc(OC)c1OCc1ccc(F)cc1. The Hall–Kier alpha value is -3.61. The van der Waals surface area contributed by atoms with Gasteiger partial charge in [0.25, 0.3) is 5.91 Å². The van der Waals surface area contributed by atoms with Crippen LogP contribution in [0.5, 0.6) is 11.5 Å². The highest BCUT2D eigenvalue weighted by Crippen LogP contribution is 2.35. The minimum absolute atomic E-state index is 0.202. The number of allylic oxidation sites excluding steroid dienone is 1. The van der Waals surface area contributed by atoms with E-state index in [4.69, 9.17) is 9.47 Å². The Kier molecular flexibility index (Phi) is 6.51. The summed E-state index contributed by atoms with van der Waals surface area (Å²) in [7, 11) is 1.52. The second-order valence-corrected chi connectivity index (χ2v) is 6.66. The first-order valence-electron chi connectivity index (χ1n) is 9.50. The number of rotatable bonds is 8. The third kappa shape index (κ3) is 4.51. The van der Waals surface area contributed by atoms with E-state index in [0.29, 0.717) is 30.0 Å². The molecule has 0 bridgehead atoms. The lowest BCUT2D eigenvalue weighted by Crippen LogP contribution is -2.30. The van der Waals surface area contributed by atoms with Crippen LogP contribution in [-0.2, 0) is 17.8 Å². The van der Waals surface area contributed by atoms with Gasteiger partial charge in [0, 0.05) is 12.1 Å². The fourth-order valence-corrected chi connectivity index (χ4v) is 3.15. The molecular weight excluding hydrogens is 387 g/mol. The van der Waals surface area contributed by atoms with Crippen LogP contribution in [0.1, 0.15) is 23.6 Å². The Morgan fingerprint density at radius 2 is 1.93 bits per heavy atom. The largest absolute Gasteiger partial charge is 0.493 e. The van der Waals surface area contributed by atoms with Crippen LogP contribution in [0, 0.1) is 5.82 Å². The van der Waals surface area contributed by atoms with E-state index in [1.54, 1.807) is 37.3 Å². The van der Waals surface area contributed by atoms with Crippen molar-refractivity contribution in [2.24, 2.45) is 0 Å². The van der Waals surface area contributed by atoms with Crippen LogP contribution in [0.2, 0.25) is 0 Å². The highest BCUT2D eigenvalue weighted by molar-refractivity contribution is 6.13. The molecule has 6 nitrogen and oxygen atoms in total. The van der Waals surface area contributed by atoms with Gasteiger partial charge in [-0.05, 0) is 54.8 Å². The predicted octanol–water partition coefficient (Wildman–Crippen LogP) is 4.05. The molecule has 0 spiro atoms. The summed E-state index contributed by atoms with van der Waals surface area (Å²) < 4.78 is 24.6. The standard InChI is InChI=1S/C23H23FN2O4/c1-4-6-17-11-16(12-19-22(27)26(5-2)23(28)25-19)13-20(29-3)21(17)30-14-15-7-9-18(24)10-8-15/h4,7-13H,1,5-6,14H2,2-3H3,(H,25,28)/b19-12+. The van der Waals surface area contributed by atoms with Gasteiger partial charge in [-0.25, -0.2) is 9.18 Å². The molecule has 156 valence electrons. The molecule has 2 aromatic rings. The van der Waals surface area contributed by atoms with Crippen molar-refractivity contribution < 1.29 is 23.5 Å². The number of ether oxygens (including phenoxy) is 2. The molecule has 0 unspecified atom stereocenters. The lowest BCUT2D eigenvalue weighted by atomic mass is 10.0. The summed E-state index contributed by atoms with van der Waals surface area (Å²) in [6, 6.07) is 9.21. The van der Waals surface area contributed by atoms with Crippen molar-refractivity contribution in [2.45, 2.75) is 20.0 Å². The fourth-order valence-electron chi connectivity index (χ4n) is 3.15. The molecule has 1 fully saturated rings. The quantitative estimate of drug-likeness (QED) is 0.405. The number of likely N-dealkylation sites (N-methyl/N-ethyl adjacent to an activating group) is 1. The Morgan fingerprint density at radius 1 is 1.20 bits per heavy atom. The number of methoxy groups -OCH3 is 1. The third-order valence-corrected chi connectivity index (χ3v) is 4.62. The van der Waals surface area contributed by atoms with Crippen LogP contribution in [0.4, 0.5) is 9.18 Å². The van der Waals surface area contributed by atoms with E-state index in [0.717, 1.165) is 16.0 Å². The Labute approximate surface area is 174 Å². The minimum atomic E-state index is -0.439. The molecule has 2 aromatic carbocycles. The predicted molar refractivity (Wildman–Crippen MR) is 112 cm³/mol. The van der Waals surface area contributed by atoms with Gasteiger partial charge in [-0.2, -0.15) is 0 Å². The van der Waals surface area contributed by atoms with E-state index in [9.17, 15) is 14.0 Å². The summed E-state index contributed by atoms with van der Waals surface area (Å²) in [5, 5.41) is 2.58. The number of nitrogens with zero attached hydrogens (tertiary/aromatic N) is 1. The van der Waals surface area contributed by atoms with Gasteiger partial charge < -0.3 is 14.8 Å². The fraction of sp³-hybridized carbons (Fsp3) is 0.217. The second-order valence-electron chi connectivity index (χ2n) is 6.66. The number of benzene rings is 2. The summed E-state index contributed by atoms with van der Waals surface area (Å²) in [5.74, 6) is 0.341. The Balaban J connectivity index is 1.92. The van der Waals surface area contributed by atoms with Crippen LogP contribution in [0.25, 0.3) is 6.08 Å². The zero-order valence-electron chi connectivity index (χ0n) is 16.9. The topological polar surface area (TPSA) is 67.9 Å². The molecule has 1 heterocycles. The summed E-state index contributed by atoms with van der Waals surface area (Å²) in [5.41, 5.74) is 2.50. The van der Waals surface area contributed by atoms with E-state index in [2.05, 4.69) is 11.9 Å². The number of hydrogen-bond acceptors (Lipinski definition) is 4. The summed E-state index contributed by atoms with van der Waals surface area (Å²) in [6.45, 7) is 6.05. The lowest BCUT2D eigenvalue weighted by Gasteiger charge is -2.16. The van der Waals surface area contributed by atoms with Crippen LogP contribution < -0.4 is 14.8 Å². The first-order chi connectivity index (χ1) is 14.5. The Morgan fingerprint density at radius 3 is 2.53 bits per heavy atom. The first-order valence-corrected chi connectivity index (χ1v) is 9.50.